The number of fused-ring (bicyclic) bond motifs is 1. The van der Waals surface area contributed by atoms with Crippen LogP contribution < -0.4 is 5.32 Å². The number of nitrogens with zero attached hydrogens (tertiary/aromatic N) is 3. The summed E-state index contributed by atoms with van der Waals surface area (Å²) in [6, 6.07) is 6.82. The van der Waals surface area contributed by atoms with Gasteiger partial charge in [0.05, 0.1) is 5.69 Å². The Balaban J connectivity index is 1.66. The average Bonchev–Trinajstić information content (AvgIpc) is 2.82. The first kappa shape index (κ1) is 11.7. The number of likely N-dealkylation sites (tertiary alicyclic amines) is 1. The lowest BCUT2D eigenvalue weighted by Crippen LogP contribution is -2.40. The highest BCUT2D eigenvalue weighted by atomic mass is 15.2. The number of imidazole rings is 1. The molecule has 18 heavy (non-hydrogen) atoms. The smallest absolute Gasteiger partial charge is 0.137 e. The molecule has 3 heterocycles. The van der Waals surface area contributed by atoms with Crippen LogP contribution in [0.1, 0.15) is 18.5 Å². The topological polar surface area (TPSA) is 32.6 Å². The minimum Gasteiger partial charge on any atom is -0.317 e. The van der Waals surface area contributed by atoms with E-state index in [4.69, 9.17) is 0 Å². The maximum absolute atomic E-state index is 4.65. The van der Waals surface area contributed by atoms with E-state index in [-0.39, 0.29) is 0 Å². The molecule has 2 aromatic heterocycles. The van der Waals surface area contributed by atoms with E-state index in [1.807, 2.05) is 12.1 Å². The van der Waals surface area contributed by atoms with E-state index in [1.54, 1.807) is 0 Å². The number of hydrogen-bond acceptors (Lipinski definition) is 3. The fourth-order valence-corrected chi connectivity index (χ4v) is 2.67. The molecule has 0 spiro atoms. The van der Waals surface area contributed by atoms with Crippen molar-refractivity contribution in [1.29, 1.82) is 0 Å². The Morgan fingerprint density at radius 3 is 2.89 bits per heavy atom. The molecule has 1 aliphatic rings. The van der Waals surface area contributed by atoms with Gasteiger partial charge in [0.2, 0.25) is 0 Å². The Bertz CT molecular complexity index is 478. The molecule has 2 aromatic rings. The first-order chi connectivity index (χ1) is 8.85. The lowest BCUT2D eigenvalue weighted by molar-refractivity contribution is 0.193. The summed E-state index contributed by atoms with van der Waals surface area (Å²) in [5, 5.41) is 3.36. The molecule has 1 N–H and O–H groups in total. The van der Waals surface area contributed by atoms with Crippen molar-refractivity contribution in [3.63, 3.8) is 0 Å². The number of aromatic nitrogens is 2. The normalized spacial score (nSPS) is 18.5. The summed E-state index contributed by atoms with van der Waals surface area (Å²) < 4.78 is 2.09. The fraction of sp³-hybridized carbons (Fsp3) is 0.500. The van der Waals surface area contributed by atoms with E-state index in [9.17, 15) is 0 Å². The molecule has 0 amide bonds. The summed E-state index contributed by atoms with van der Waals surface area (Å²) in [4.78, 5) is 7.15. The third-order valence-electron chi connectivity index (χ3n) is 3.80. The highest BCUT2D eigenvalue weighted by molar-refractivity contribution is 5.39. The minimum atomic E-state index is 0.697. The van der Waals surface area contributed by atoms with Crippen molar-refractivity contribution in [2.45, 2.75) is 25.4 Å². The highest BCUT2D eigenvalue weighted by Gasteiger charge is 2.18. The summed E-state index contributed by atoms with van der Waals surface area (Å²) in [7, 11) is 2.06. The highest BCUT2D eigenvalue weighted by Crippen LogP contribution is 2.13. The zero-order valence-corrected chi connectivity index (χ0v) is 10.8. The molecule has 3 rings (SSSR count). The van der Waals surface area contributed by atoms with Gasteiger partial charge in [0.1, 0.15) is 5.65 Å². The van der Waals surface area contributed by atoms with E-state index >= 15 is 0 Å². The molecule has 0 aliphatic carbocycles. The van der Waals surface area contributed by atoms with Gasteiger partial charge in [-0.1, -0.05) is 6.07 Å². The van der Waals surface area contributed by atoms with Crippen LogP contribution in [0.4, 0.5) is 0 Å². The molecule has 96 valence electrons. The summed E-state index contributed by atoms with van der Waals surface area (Å²) in [5.74, 6) is 0. The van der Waals surface area contributed by atoms with Gasteiger partial charge in [-0.05, 0) is 32.0 Å². The molecule has 0 aromatic carbocycles. The number of pyridine rings is 1. The fourth-order valence-electron chi connectivity index (χ4n) is 2.67. The van der Waals surface area contributed by atoms with Gasteiger partial charge < -0.3 is 9.72 Å². The van der Waals surface area contributed by atoms with Crippen LogP contribution in [0, 0.1) is 0 Å². The van der Waals surface area contributed by atoms with Crippen molar-refractivity contribution in [3.05, 3.63) is 36.3 Å². The first-order valence-corrected chi connectivity index (χ1v) is 6.67. The lowest BCUT2D eigenvalue weighted by atomic mass is 10.1. The molecule has 0 saturated carbocycles. The SMILES string of the molecule is CNC1CCN(Cc2cn3ccccc3n2)CC1. The summed E-state index contributed by atoms with van der Waals surface area (Å²) in [6.45, 7) is 3.30. The molecule has 0 radical (unpaired) electrons. The zero-order valence-electron chi connectivity index (χ0n) is 10.8. The predicted octanol–water partition coefficient (Wildman–Crippen LogP) is 1.52. The first-order valence-electron chi connectivity index (χ1n) is 6.67. The maximum atomic E-state index is 4.65. The van der Waals surface area contributed by atoms with Crippen LogP contribution in [-0.4, -0.2) is 40.5 Å². The summed E-state index contributed by atoms with van der Waals surface area (Å²) >= 11 is 0. The van der Waals surface area contributed by atoms with Gasteiger partial charge in [-0.3, -0.25) is 4.90 Å². The Labute approximate surface area is 108 Å². The van der Waals surface area contributed by atoms with Crippen LogP contribution in [0.3, 0.4) is 0 Å². The van der Waals surface area contributed by atoms with Crippen molar-refractivity contribution in [3.8, 4) is 0 Å². The second-order valence-electron chi connectivity index (χ2n) is 5.04. The molecule has 4 nitrogen and oxygen atoms in total. The predicted molar refractivity (Wildman–Crippen MR) is 72.6 cm³/mol. The van der Waals surface area contributed by atoms with Gasteiger partial charge in [-0.2, -0.15) is 0 Å². The standard InChI is InChI=1S/C14H20N4/c1-15-12-5-8-17(9-6-12)10-13-11-18-7-3-2-4-14(18)16-13/h2-4,7,11-12,15H,5-6,8-10H2,1H3. The minimum absolute atomic E-state index is 0.697. The van der Waals surface area contributed by atoms with Crippen molar-refractivity contribution < 1.29 is 0 Å². The van der Waals surface area contributed by atoms with E-state index in [2.05, 4.69) is 45.1 Å². The molecular formula is C14H20N4. The molecular weight excluding hydrogens is 224 g/mol. The quantitative estimate of drug-likeness (QED) is 0.888. The van der Waals surface area contributed by atoms with Crippen LogP contribution in [0.2, 0.25) is 0 Å². The van der Waals surface area contributed by atoms with Crippen molar-refractivity contribution in [1.82, 2.24) is 19.6 Å². The van der Waals surface area contributed by atoms with E-state index < -0.39 is 0 Å². The van der Waals surface area contributed by atoms with E-state index in [1.165, 1.54) is 31.6 Å². The maximum Gasteiger partial charge on any atom is 0.137 e. The third kappa shape index (κ3) is 2.40. The number of hydrogen-bond donors (Lipinski definition) is 1. The number of piperidine rings is 1. The van der Waals surface area contributed by atoms with Crippen molar-refractivity contribution in [2.75, 3.05) is 20.1 Å². The van der Waals surface area contributed by atoms with Gasteiger partial charge in [0.15, 0.2) is 0 Å². The van der Waals surface area contributed by atoms with Crippen molar-refractivity contribution >= 4 is 5.65 Å². The molecule has 1 fully saturated rings. The van der Waals surface area contributed by atoms with Crippen LogP contribution in [0.15, 0.2) is 30.6 Å². The van der Waals surface area contributed by atoms with Gasteiger partial charge in [-0.25, -0.2) is 4.98 Å². The summed E-state index contributed by atoms with van der Waals surface area (Å²) in [5.41, 5.74) is 2.21. The number of nitrogens with one attached hydrogen (secondary N) is 1. The molecule has 1 aliphatic heterocycles. The Kier molecular flexibility index (Phi) is 3.30. The molecule has 1 saturated heterocycles. The van der Waals surface area contributed by atoms with Gasteiger partial charge in [-0.15, -0.1) is 0 Å². The van der Waals surface area contributed by atoms with E-state index in [0.29, 0.717) is 6.04 Å². The largest absolute Gasteiger partial charge is 0.317 e. The summed E-state index contributed by atoms with van der Waals surface area (Å²) in [6.07, 6.45) is 6.67. The van der Waals surface area contributed by atoms with Gasteiger partial charge in [0.25, 0.3) is 0 Å². The Hall–Kier alpha value is -1.39. The van der Waals surface area contributed by atoms with Crippen LogP contribution in [-0.2, 0) is 6.54 Å². The zero-order chi connectivity index (χ0) is 12.4. The molecule has 0 unspecified atom stereocenters. The Morgan fingerprint density at radius 2 is 2.17 bits per heavy atom. The van der Waals surface area contributed by atoms with Crippen LogP contribution >= 0.6 is 0 Å². The third-order valence-corrected chi connectivity index (χ3v) is 3.80. The molecule has 4 heteroatoms. The van der Waals surface area contributed by atoms with Crippen molar-refractivity contribution in [2.24, 2.45) is 0 Å². The average molecular weight is 244 g/mol. The van der Waals surface area contributed by atoms with Crippen LogP contribution in [0.5, 0.6) is 0 Å². The second kappa shape index (κ2) is 5.08. The Morgan fingerprint density at radius 1 is 1.33 bits per heavy atom. The molecule has 0 bridgehead atoms. The van der Waals surface area contributed by atoms with Gasteiger partial charge >= 0.3 is 0 Å². The number of rotatable bonds is 3. The monoisotopic (exact) mass is 244 g/mol. The second-order valence-corrected chi connectivity index (χ2v) is 5.04. The van der Waals surface area contributed by atoms with Gasteiger partial charge in [0, 0.05) is 38.1 Å². The lowest BCUT2D eigenvalue weighted by Gasteiger charge is -2.31. The molecule has 0 atom stereocenters. The van der Waals surface area contributed by atoms with Crippen LogP contribution in [0.25, 0.3) is 5.65 Å². The van der Waals surface area contributed by atoms with E-state index in [0.717, 1.165) is 12.2 Å².